The van der Waals surface area contributed by atoms with Crippen molar-refractivity contribution in [2.24, 2.45) is 0 Å². The summed E-state index contributed by atoms with van der Waals surface area (Å²) in [5.41, 5.74) is 1.05. The van der Waals surface area contributed by atoms with Crippen LogP contribution in [0.4, 0.5) is 5.69 Å². The molecule has 2 aromatic carbocycles. The Labute approximate surface area is 158 Å². The highest BCUT2D eigenvalue weighted by molar-refractivity contribution is 5.78. The van der Waals surface area contributed by atoms with Crippen LogP contribution in [0.25, 0.3) is 0 Å². The number of ether oxygens (including phenoxy) is 1. The first kappa shape index (κ1) is 18.8. The minimum absolute atomic E-state index is 0.0124. The van der Waals surface area contributed by atoms with Crippen LogP contribution in [0.5, 0.6) is 5.75 Å². The fraction of sp³-hybridized carbons (Fsp3) is 0.350. The highest BCUT2D eigenvalue weighted by Gasteiger charge is 2.20. The predicted molar refractivity (Wildman–Crippen MR) is 102 cm³/mol. The summed E-state index contributed by atoms with van der Waals surface area (Å²) >= 11 is 0. The van der Waals surface area contributed by atoms with E-state index < -0.39 is 4.92 Å². The quantitative estimate of drug-likeness (QED) is 0.571. The van der Waals surface area contributed by atoms with Gasteiger partial charge in [-0.05, 0) is 43.6 Å². The zero-order valence-electron chi connectivity index (χ0n) is 15.0. The third-order valence-electron chi connectivity index (χ3n) is 4.59. The number of nitrogens with zero attached hydrogens (tertiary/aromatic N) is 2. The molecule has 1 atom stereocenters. The molecular formula is C20H23N3O4. The van der Waals surface area contributed by atoms with Gasteiger partial charge in [-0.1, -0.05) is 30.3 Å². The third-order valence-corrected chi connectivity index (χ3v) is 4.59. The number of nitro groups is 1. The lowest BCUT2D eigenvalue weighted by molar-refractivity contribution is -0.384. The zero-order valence-corrected chi connectivity index (χ0v) is 15.0. The summed E-state index contributed by atoms with van der Waals surface area (Å²) < 4.78 is 5.46. The molecule has 1 heterocycles. The van der Waals surface area contributed by atoms with Crippen molar-refractivity contribution >= 4 is 11.6 Å². The molecule has 1 N–H and O–H groups in total. The molecule has 7 heteroatoms. The third kappa shape index (κ3) is 5.52. The summed E-state index contributed by atoms with van der Waals surface area (Å²) in [7, 11) is 0. The van der Waals surface area contributed by atoms with Crippen LogP contribution in [-0.4, -0.2) is 42.0 Å². The fourth-order valence-corrected chi connectivity index (χ4v) is 3.19. The molecular weight excluding hydrogens is 346 g/mol. The second kappa shape index (κ2) is 9.14. The number of benzene rings is 2. The van der Waals surface area contributed by atoms with Crippen molar-refractivity contribution < 1.29 is 14.5 Å². The number of likely N-dealkylation sites (tertiary alicyclic amines) is 1. The van der Waals surface area contributed by atoms with E-state index in [2.05, 4.69) is 10.2 Å². The van der Waals surface area contributed by atoms with Gasteiger partial charge in [0.2, 0.25) is 0 Å². The van der Waals surface area contributed by atoms with Gasteiger partial charge < -0.3 is 15.0 Å². The van der Waals surface area contributed by atoms with Crippen molar-refractivity contribution in [2.75, 3.05) is 26.2 Å². The first-order chi connectivity index (χ1) is 13.1. The van der Waals surface area contributed by atoms with Crippen molar-refractivity contribution in [3.8, 4) is 5.75 Å². The van der Waals surface area contributed by atoms with Crippen LogP contribution in [0.3, 0.4) is 0 Å². The number of nitrogens with one attached hydrogen (secondary N) is 1. The van der Waals surface area contributed by atoms with Crippen LogP contribution in [0.1, 0.15) is 24.4 Å². The molecule has 0 radical (unpaired) electrons. The summed E-state index contributed by atoms with van der Waals surface area (Å²) in [6, 6.07) is 15.5. The Kier molecular flexibility index (Phi) is 6.38. The molecule has 1 aliphatic heterocycles. The average molecular weight is 369 g/mol. The van der Waals surface area contributed by atoms with Crippen LogP contribution in [0, 0.1) is 10.1 Å². The maximum atomic E-state index is 12.4. The lowest BCUT2D eigenvalue weighted by Gasteiger charge is -2.25. The lowest BCUT2D eigenvalue weighted by atomic mass is 10.1. The van der Waals surface area contributed by atoms with Gasteiger partial charge in [0.05, 0.1) is 11.0 Å². The summed E-state index contributed by atoms with van der Waals surface area (Å²) in [6.07, 6.45) is 2.39. The highest BCUT2D eigenvalue weighted by atomic mass is 16.6. The Morgan fingerprint density at radius 3 is 2.41 bits per heavy atom. The first-order valence-electron chi connectivity index (χ1n) is 9.06. The van der Waals surface area contributed by atoms with Gasteiger partial charge >= 0.3 is 0 Å². The second-order valence-electron chi connectivity index (χ2n) is 6.58. The molecule has 1 aliphatic rings. The largest absolute Gasteiger partial charge is 0.484 e. The molecule has 0 bridgehead atoms. The normalized spacial score (nSPS) is 15.3. The summed E-state index contributed by atoms with van der Waals surface area (Å²) in [5.74, 6) is 0.202. The Balaban J connectivity index is 1.57. The second-order valence-corrected chi connectivity index (χ2v) is 6.58. The van der Waals surface area contributed by atoms with Gasteiger partial charge in [-0.3, -0.25) is 14.9 Å². The summed E-state index contributed by atoms with van der Waals surface area (Å²) in [4.78, 5) is 24.9. The molecule has 1 fully saturated rings. The van der Waals surface area contributed by atoms with Gasteiger partial charge in [0, 0.05) is 18.7 Å². The van der Waals surface area contributed by atoms with Gasteiger partial charge in [-0.25, -0.2) is 0 Å². The molecule has 7 nitrogen and oxygen atoms in total. The molecule has 1 amide bonds. The van der Waals surface area contributed by atoms with Gasteiger partial charge in [-0.2, -0.15) is 0 Å². The van der Waals surface area contributed by atoms with E-state index in [4.69, 9.17) is 4.74 Å². The number of amides is 1. The number of non-ortho nitro benzene ring substituents is 1. The monoisotopic (exact) mass is 369 g/mol. The number of nitro benzene ring substituents is 1. The van der Waals surface area contributed by atoms with Gasteiger partial charge in [-0.15, -0.1) is 0 Å². The minimum Gasteiger partial charge on any atom is -0.484 e. The molecule has 27 heavy (non-hydrogen) atoms. The van der Waals surface area contributed by atoms with Crippen molar-refractivity contribution in [2.45, 2.75) is 18.9 Å². The Bertz CT molecular complexity index is 759. The molecule has 2 aromatic rings. The molecule has 1 saturated heterocycles. The zero-order chi connectivity index (χ0) is 19.1. The van der Waals surface area contributed by atoms with Gasteiger partial charge in [0.25, 0.3) is 11.6 Å². The Morgan fingerprint density at radius 2 is 1.78 bits per heavy atom. The van der Waals surface area contributed by atoms with E-state index in [9.17, 15) is 14.9 Å². The van der Waals surface area contributed by atoms with Crippen LogP contribution in [-0.2, 0) is 4.79 Å². The average Bonchev–Trinajstić information content (AvgIpc) is 3.20. The standard InChI is InChI=1S/C20H23N3O4/c24-20(15-27-18-10-8-17(9-11-18)23(25)26)21-19(14-22-12-4-5-13-22)16-6-2-1-3-7-16/h1-3,6-11,19H,4-5,12-15H2,(H,21,24). The molecule has 3 rings (SSSR count). The molecule has 0 aromatic heterocycles. The summed E-state index contributed by atoms with van der Waals surface area (Å²) in [6.45, 7) is 2.74. The smallest absolute Gasteiger partial charge is 0.269 e. The van der Waals surface area contributed by atoms with E-state index >= 15 is 0 Å². The summed E-state index contributed by atoms with van der Waals surface area (Å²) in [5, 5.41) is 13.7. The van der Waals surface area contributed by atoms with E-state index in [-0.39, 0.29) is 24.2 Å². The van der Waals surface area contributed by atoms with Gasteiger partial charge in [0.15, 0.2) is 6.61 Å². The lowest BCUT2D eigenvalue weighted by Crippen LogP contribution is -2.39. The van der Waals surface area contributed by atoms with Crippen molar-refractivity contribution in [1.29, 1.82) is 0 Å². The molecule has 0 saturated carbocycles. The maximum Gasteiger partial charge on any atom is 0.269 e. The van der Waals surface area contributed by atoms with Crippen LogP contribution < -0.4 is 10.1 Å². The molecule has 142 valence electrons. The van der Waals surface area contributed by atoms with Crippen molar-refractivity contribution in [3.63, 3.8) is 0 Å². The van der Waals surface area contributed by atoms with E-state index in [0.717, 1.165) is 25.2 Å². The SMILES string of the molecule is O=C(COc1ccc([N+](=O)[O-])cc1)NC(CN1CCCC1)c1ccccc1. The Hall–Kier alpha value is -2.93. The topological polar surface area (TPSA) is 84.7 Å². The van der Waals surface area contributed by atoms with E-state index in [1.165, 1.54) is 37.1 Å². The Morgan fingerprint density at radius 1 is 1.11 bits per heavy atom. The van der Waals surface area contributed by atoms with Crippen LogP contribution in [0.15, 0.2) is 54.6 Å². The molecule has 0 aliphatic carbocycles. The fourth-order valence-electron chi connectivity index (χ4n) is 3.19. The maximum absolute atomic E-state index is 12.4. The first-order valence-corrected chi connectivity index (χ1v) is 9.06. The van der Waals surface area contributed by atoms with Gasteiger partial charge in [0.1, 0.15) is 5.75 Å². The number of hydrogen-bond acceptors (Lipinski definition) is 5. The van der Waals surface area contributed by atoms with Crippen molar-refractivity contribution in [3.05, 3.63) is 70.3 Å². The highest BCUT2D eigenvalue weighted by Crippen LogP contribution is 2.19. The van der Waals surface area contributed by atoms with E-state index in [1.54, 1.807) is 0 Å². The minimum atomic E-state index is -0.473. The number of hydrogen-bond donors (Lipinski definition) is 1. The number of carbonyl (C=O) groups is 1. The van der Waals surface area contributed by atoms with Crippen LogP contribution in [0.2, 0.25) is 0 Å². The van der Waals surface area contributed by atoms with E-state index in [0.29, 0.717) is 5.75 Å². The van der Waals surface area contributed by atoms with Crippen LogP contribution >= 0.6 is 0 Å². The molecule has 0 spiro atoms. The van der Waals surface area contributed by atoms with E-state index in [1.807, 2.05) is 30.3 Å². The number of carbonyl (C=O) groups excluding carboxylic acids is 1. The number of rotatable bonds is 8. The predicted octanol–water partition coefficient (Wildman–Crippen LogP) is 2.93. The van der Waals surface area contributed by atoms with Crippen molar-refractivity contribution in [1.82, 2.24) is 10.2 Å². The molecule has 1 unspecified atom stereocenters.